The highest BCUT2D eigenvalue weighted by atomic mass is 31.2. The van der Waals surface area contributed by atoms with Crippen LogP contribution in [0.3, 0.4) is 0 Å². The minimum absolute atomic E-state index is 0.0455. The number of ketones is 1. The van der Waals surface area contributed by atoms with E-state index >= 15 is 0 Å². The molecule has 7 nitrogen and oxygen atoms in total. The molecular formula is C18H37O7PSi. The first kappa shape index (κ1) is 26.5. The summed E-state index contributed by atoms with van der Waals surface area (Å²) in [6.07, 6.45) is 0.244. The zero-order chi connectivity index (χ0) is 21.7. The number of hydrogen-bond acceptors (Lipinski definition) is 7. The van der Waals surface area contributed by atoms with Crippen LogP contribution in [-0.2, 0) is 27.9 Å². The molecular weight excluding hydrogens is 387 g/mol. The van der Waals surface area contributed by atoms with Crippen molar-refractivity contribution in [2.75, 3.05) is 20.4 Å². The molecule has 0 fully saturated rings. The van der Waals surface area contributed by atoms with Crippen LogP contribution in [0, 0.1) is 5.92 Å². The van der Waals surface area contributed by atoms with Crippen LogP contribution in [-0.4, -0.2) is 50.8 Å². The fraction of sp³-hybridized carbons (Fsp3) is 0.889. The smallest absolute Gasteiger partial charge is 0.337 e. The quantitative estimate of drug-likeness (QED) is 0.302. The number of esters is 1. The van der Waals surface area contributed by atoms with Crippen molar-refractivity contribution in [2.24, 2.45) is 5.92 Å². The van der Waals surface area contributed by atoms with E-state index in [9.17, 15) is 18.9 Å². The maximum atomic E-state index is 12.5. The molecule has 0 aromatic heterocycles. The largest absolute Gasteiger partial charge is 0.460 e. The zero-order valence-electron chi connectivity index (χ0n) is 18.2. The van der Waals surface area contributed by atoms with Gasteiger partial charge in [0.2, 0.25) is 0 Å². The molecule has 0 radical (unpaired) electrons. The zero-order valence-corrected chi connectivity index (χ0v) is 20.1. The van der Waals surface area contributed by atoms with E-state index < -0.39 is 32.5 Å². The summed E-state index contributed by atoms with van der Waals surface area (Å²) in [6.45, 7) is 12.9. The topological polar surface area (TPSA) is 99.1 Å². The van der Waals surface area contributed by atoms with Gasteiger partial charge in [-0.2, -0.15) is 0 Å². The SMILES string of the molecule is COP(=O)(CC(=O)C[C@H](CC(=O)OC(C)(C)C)CC(C)(C)[Si](C)(C)O)OC. The Morgan fingerprint density at radius 3 is 1.89 bits per heavy atom. The molecule has 0 heterocycles. The van der Waals surface area contributed by atoms with Gasteiger partial charge in [-0.15, -0.1) is 0 Å². The first-order valence-electron chi connectivity index (χ1n) is 9.11. The van der Waals surface area contributed by atoms with E-state index in [4.69, 9.17) is 13.8 Å². The molecule has 0 saturated carbocycles. The molecule has 1 N–H and O–H groups in total. The van der Waals surface area contributed by atoms with Crippen LogP contribution < -0.4 is 0 Å². The monoisotopic (exact) mass is 424 g/mol. The predicted octanol–water partition coefficient (Wildman–Crippen LogP) is 4.15. The first-order chi connectivity index (χ1) is 11.9. The van der Waals surface area contributed by atoms with Crippen LogP contribution in [0.2, 0.25) is 18.1 Å². The Hall–Kier alpha value is -0.533. The van der Waals surface area contributed by atoms with Crippen molar-refractivity contribution in [2.45, 2.75) is 77.6 Å². The Balaban J connectivity index is 5.32. The molecule has 0 aliphatic carbocycles. The van der Waals surface area contributed by atoms with Crippen molar-refractivity contribution in [3.05, 3.63) is 0 Å². The van der Waals surface area contributed by atoms with E-state index in [1.54, 1.807) is 20.8 Å². The van der Waals surface area contributed by atoms with Crippen LogP contribution in [0.4, 0.5) is 0 Å². The molecule has 9 heteroatoms. The molecule has 0 aliphatic rings. The summed E-state index contributed by atoms with van der Waals surface area (Å²) < 4.78 is 27.3. The van der Waals surface area contributed by atoms with Gasteiger partial charge < -0.3 is 18.6 Å². The lowest BCUT2D eigenvalue weighted by molar-refractivity contribution is -0.156. The van der Waals surface area contributed by atoms with Crippen molar-refractivity contribution in [3.63, 3.8) is 0 Å². The number of carbonyl (C=O) groups excluding carboxylic acids is 2. The van der Waals surface area contributed by atoms with Crippen molar-refractivity contribution >= 4 is 27.7 Å². The molecule has 0 bridgehead atoms. The third kappa shape index (κ3) is 9.99. The standard InChI is InChI=1S/C18H37O7PSi/c1-17(2,3)25-16(20)11-14(12-18(4,5)27(8,9)22)10-15(19)13-26(21,23-6)24-7/h14,22H,10-13H2,1-9H3/t14-/m1/s1. The number of Topliss-reactive ketones (excluding diaryl/α,β-unsaturated/α-hetero) is 1. The maximum Gasteiger partial charge on any atom is 0.337 e. The lowest BCUT2D eigenvalue weighted by Gasteiger charge is -2.38. The summed E-state index contributed by atoms with van der Waals surface area (Å²) in [5, 5.41) is -0.411. The van der Waals surface area contributed by atoms with Crippen LogP contribution >= 0.6 is 7.60 Å². The molecule has 0 aromatic carbocycles. The molecule has 27 heavy (non-hydrogen) atoms. The molecule has 160 valence electrons. The van der Waals surface area contributed by atoms with Crippen LogP contribution in [0.5, 0.6) is 0 Å². The van der Waals surface area contributed by atoms with E-state index in [0.29, 0.717) is 6.42 Å². The fourth-order valence-electron chi connectivity index (χ4n) is 2.61. The second-order valence-corrected chi connectivity index (χ2v) is 15.9. The van der Waals surface area contributed by atoms with Gasteiger partial charge in [-0.1, -0.05) is 13.8 Å². The average molecular weight is 425 g/mol. The number of rotatable bonds is 11. The lowest BCUT2D eigenvalue weighted by atomic mass is 9.89. The van der Waals surface area contributed by atoms with Crippen molar-refractivity contribution < 1.29 is 32.7 Å². The van der Waals surface area contributed by atoms with Gasteiger partial charge in [-0.05, 0) is 51.2 Å². The molecule has 0 saturated heterocycles. The third-order valence-corrected chi connectivity index (χ3v) is 10.1. The Bertz CT molecular complexity index is 553. The molecule has 0 amide bonds. The van der Waals surface area contributed by atoms with Gasteiger partial charge in [-0.25, -0.2) is 0 Å². The van der Waals surface area contributed by atoms with E-state index in [2.05, 4.69) is 0 Å². The molecule has 0 rings (SSSR count). The van der Waals surface area contributed by atoms with E-state index in [1.807, 2.05) is 26.9 Å². The summed E-state index contributed by atoms with van der Waals surface area (Å²) >= 11 is 0. The Kier molecular flexibility index (Phi) is 9.59. The third-order valence-electron chi connectivity index (χ3n) is 4.77. The lowest BCUT2D eigenvalue weighted by Crippen LogP contribution is -2.40. The number of carbonyl (C=O) groups is 2. The van der Waals surface area contributed by atoms with Gasteiger partial charge in [0.15, 0.2) is 8.32 Å². The highest BCUT2D eigenvalue weighted by Crippen LogP contribution is 2.47. The molecule has 0 spiro atoms. The number of ether oxygens (including phenoxy) is 1. The highest BCUT2D eigenvalue weighted by molar-refractivity contribution is 7.54. The second-order valence-electron chi connectivity index (χ2n) is 9.18. The van der Waals surface area contributed by atoms with Gasteiger partial charge in [0.05, 0.1) is 0 Å². The normalized spacial score (nSPS) is 14.7. The predicted molar refractivity (Wildman–Crippen MR) is 108 cm³/mol. The minimum Gasteiger partial charge on any atom is -0.460 e. The Morgan fingerprint density at radius 1 is 1.04 bits per heavy atom. The molecule has 0 aliphatic heterocycles. The van der Waals surface area contributed by atoms with Crippen LogP contribution in [0.1, 0.15) is 53.9 Å². The Morgan fingerprint density at radius 2 is 1.52 bits per heavy atom. The van der Waals surface area contributed by atoms with Gasteiger partial charge in [0.25, 0.3) is 0 Å². The van der Waals surface area contributed by atoms with Crippen molar-refractivity contribution in [1.82, 2.24) is 0 Å². The minimum atomic E-state index is -3.45. The van der Waals surface area contributed by atoms with Crippen molar-refractivity contribution in [3.8, 4) is 0 Å². The summed E-state index contributed by atoms with van der Waals surface area (Å²) in [7, 11) is -3.51. The van der Waals surface area contributed by atoms with Crippen molar-refractivity contribution in [1.29, 1.82) is 0 Å². The van der Waals surface area contributed by atoms with Gasteiger partial charge in [-0.3, -0.25) is 14.2 Å². The Labute approximate surface area is 164 Å². The maximum absolute atomic E-state index is 12.5. The van der Waals surface area contributed by atoms with E-state index in [1.165, 1.54) is 14.2 Å². The number of hydrogen-bond donors (Lipinski definition) is 1. The van der Waals surface area contributed by atoms with Gasteiger partial charge in [0, 0.05) is 27.1 Å². The second kappa shape index (κ2) is 9.79. The van der Waals surface area contributed by atoms with Crippen LogP contribution in [0.15, 0.2) is 0 Å². The first-order valence-corrected chi connectivity index (χ1v) is 13.8. The summed E-state index contributed by atoms with van der Waals surface area (Å²) in [5.41, 5.74) is -0.617. The van der Waals surface area contributed by atoms with Crippen LogP contribution in [0.25, 0.3) is 0 Å². The summed E-state index contributed by atoms with van der Waals surface area (Å²) in [4.78, 5) is 35.3. The average Bonchev–Trinajstić information content (AvgIpc) is 2.42. The fourth-order valence-corrected chi connectivity index (χ4v) is 4.37. The molecule has 1 atom stereocenters. The highest BCUT2D eigenvalue weighted by Gasteiger charge is 2.41. The van der Waals surface area contributed by atoms with Gasteiger partial charge in [0.1, 0.15) is 17.5 Å². The molecule has 0 aromatic rings. The molecule has 0 unspecified atom stereocenters. The van der Waals surface area contributed by atoms with Gasteiger partial charge >= 0.3 is 13.6 Å². The summed E-state index contributed by atoms with van der Waals surface area (Å²) in [5.74, 6) is -1.03. The van der Waals surface area contributed by atoms with E-state index in [0.717, 1.165) is 0 Å². The summed E-state index contributed by atoms with van der Waals surface area (Å²) in [6, 6.07) is 0. The van der Waals surface area contributed by atoms with E-state index in [-0.39, 0.29) is 30.7 Å².